The summed E-state index contributed by atoms with van der Waals surface area (Å²) in [5.74, 6) is -1.20. The van der Waals surface area contributed by atoms with Crippen molar-refractivity contribution in [2.75, 3.05) is 13.2 Å². The van der Waals surface area contributed by atoms with Crippen LogP contribution in [0.25, 0.3) is 0 Å². The van der Waals surface area contributed by atoms with Crippen LogP contribution in [-0.4, -0.2) is 52.2 Å². The SMILES string of the molecule is NC(CCC(=O)O)C(=O)N1CCCCC1CO. The maximum absolute atomic E-state index is 12.0. The molecule has 6 nitrogen and oxygen atoms in total. The molecule has 1 rings (SSSR count). The van der Waals surface area contributed by atoms with Gasteiger partial charge in [-0.15, -0.1) is 0 Å². The molecule has 0 aromatic rings. The predicted octanol–water partition coefficient (Wildman–Crippen LogP) is -0.448. The van der Waals surface area contributed by atoms with Crippen molar-refractivity contribution in [2.45, 2.75) is 44.2 Å². The van der Waals surface area contributed by atoms with Crippen LogP contribution in [0.2, 0.25) is 0 Å². The van der Waals surface area contributed by atoms with E-state index < -0.39 is 12.0 Å². The molecule has 0 saturated carbocycles. The number of amides is 1. The Balaban J connectivity index is 2.51. The van der Waals surface area contributed by atoms with Crippen LogP contribution in [0.1, 0.15) is 32.1 Å². The van der Waals surface area contributed by atoms with E-state index in [1.165, 1.54) is 0 Å². The maximum atomic E-state index is 12.0. The zero-order valence-corrected chi connectivity index (χ0v) is 9.84. The van der Waals surface area contributed by atoms with Crippen molar-refractivity contribution in [3.05, 3.63) is 0 Å². The van der Waals surface area contributed by atoms with Crippen LogP contribution in [-0.2, 0) is 9.59 Å². The number of hydrogen-bond acceptors (Lipinski definition) is 4. The Kier molecular flexibility index (Phi) is 5.37. The maximum Gasteiger partial charge on any atom is 0.303 e. The van der Waals surface area contributed by atoms with Crippen molar-refractivity contribution in [3.63, 3.8) is 0 Å². The average Bonchev–Trinajstić information content (AvgIpc) is 2.34. The highest BCUT2D eigenvalue weighted by molar-refractivity contribution is 5.82. The van der Waals surface area contributed by atoms with E-state index in [0.717, 1.165) is 19.3 Å². The normalized spacial score (nSPS) is 22.2. The molecule has 17 heavy (non-hydrogen) atoms. The van der Waals surface area contributed by atoms with E-state index in [1.807, 2.05) is 0 Å². The Morgan fingerprint density at radius 3 is 2.71 bits per heavy atom. The van der Waals surface area contributed by atoms with Gasteiger partial charge in [-0.3, -0.25) is 9.59 Å². The first-order valence-electron chi connectivity index (χ1n) is 5.95. The average molecular weight is 244 g/mol. The fourth-order valence-electron chi connectivity index (χ4n) is 2.10. The molecule has 1 amide bonds. The third kappa shape index (κ3) is 3.98. The number of piperidine rings is 1. The molecule has 1 saturated heterocycles. The number of aliphatic hydroxyl groups is 1. The number of likely N-dealkylation sites (tertiary alicyclic amines) is 1. The van der Waals surface area contributed by atoms with Crippen LogP contribution < -0.4 is 5.73 Å². The second kappa shape index (κ2) is 6.56. The number of carboxylic acids is 1. The summed E-state index contributed by atoms with van der Waals surface area (Å²) in [7, 11) is 0. The lowest BCUT2D eigenvalue weighted by molar-refractivity contribution is -0.139. The summed E-state index contributed by atoms with van der Waals surface area (Å²) in [5, 5.41) is 17.7. The zero-order chi connectivity index (χ0) is 12.8. The van der Waals surface area contributed by atoms with E-state index >= 15 is 0 Å². The molecule has 0 aliphatic carbocycles. The Morgan fingerprint density at radius 1 is 1.41 bits per heavy atom. The number of nitrogens with two attached hydrogens (primary N) is 1. The minimum absolute atomic E-state index is 0.0581. The second-order valence-electron chi connectivity index (χ2n) is 4.40. The number of aliphatic carboxylic acids is 1. The first-order valence-corrected chi connectivity index (χ1v) is 5.95. The van der Waals surface area contributed by atoms with Gasteiger partial charge >= 0.3 is 5.97 Å². The fourth-order valence-corrected chi connectivity index (χ4v) is 2.10. The highest BCUT2D eigenvalue weighted by Crippen LogP contribution is 2.18. The standard InChI is InChI=1S/C11H20N2O4/c12-9(4-5-10(15)16)11(17)13-6-2-1-3-8(13)7-14/h8-9,14H,1-7,12H2,(H,15,16). The van der Waals surface area contributed by atoms with Crippen LogP contribution >= 0.6 is 0 Å². The molecule has 1 aliphatic heterocycles. The van der Waals surface area contributed by atoms with Crippen molar-refractivity contribution < 1.29 is 19.8 Å². The summed E-state index contributed by atoms with van der Waals surface area (Å²) in [4.78, 5) is 24.0. The van der Waals surface area contributed by atoms with Gasteiger partial charge in [-0.25, -0.2) is 0 Å². The number of carboxylic acid groups (broad SMARTS) is 1. The Labute approximate surface area is 100 Å². The Bertz CT molecular complexity index is 283. The molecule has 0 spiro atoms. The van der Waals surface area contributed by atoms with Crippen LogP contribution in [0.4, 0.5) is 0 Å². The predicted molar refractivity (Wildman–Crippen MR) is 61.3 cm³/mol. The number of carbonyl (C=O) groups excluding carboxylic acids is 1. The topological polar surface area (TPSA) is 104 Å². The van der Waals surface area contributed by atoms with Crippen LogP contribution in [0, 0.1) is 0 Å². The summed E-state index contributed by atoms with van der Waals surface area (Å²) in [6, 6.07) is -0.939. The molecule has 4 N–H and O–H groups in total. The molecule has 1 aliphatic rings. The van der Waals surface area contributed by atoms with Crippen molar-refractivity contribution in [3.8, 4) is 0 Å². The van der Waals surface area contributed by atoms with Gasteiger partial charge in [-0.2, -0.15) is 0 Å². The van der Waals surface area contributed by atoms with Gasteiger partial charge in [-0.1, -0.05) is 0 Å². The molecule has 0 radical (unpaired) electrons. The summed E-state index contributed by atoms with van der Waals surface area (Å²) in [6.45, 7) is 0.544. The van der Waals surface area contributed by atoms with Gasteiger partial charge in [0.1, 0.15) is 0 Å². The first-order chi connectivity index (χ1) is 8.06. The third-order valence-electron chi connectivity index (χ3n) is 3.11. The van der Waals surface area contributed by atoms with E-state index in [0.29, 0.717) is 6.54 Å². The monoisotopic (exact) mass is 244 g/mol. The number of nitrogens with zero attached hydrogens (tertiary/aromatic N) is 1. The lowest BCUT2D eigenvalue weighted by atomic mass is 10.0. The van der Waals surface area contributed by atoms with Crippen molar-refractivity contribution in [2.24, 2.45) is 5.73 Å². The zero-order valence-electron chi connectivity index (χ0n) is 9.84. The number of carbonyl (C=O) groups is 2. The molecule has 98 valence electrons. The van der Waals surface area contributed by atoms with Gasteiger partial charge < -0.3 is 20.8 Å². The third-order valence-corrected chi connectivity index (χ3v) is 3.11. The molecule has 1 fully saturated rings. The molecule has 6 heteroatoms. The van der Waals surface area contributed by atoms with Gasteiger partial charge in [0.25, 0.3) is 0 Å². The summed E-state index contributed by atoms with van der Waals surface area (Å²) in [5.41, 5.74) is 5.68. The molecule has 0 aromatic carbocycles. The van der Waals surface area contributed by atoms with Crippen LogP contribution in [0.15, 0.2) is 0 Å². The Hall–Kier alpha value is -1.14. The first kappa shape index (κ1) is 13.9. The lowest BCUT2D eigenvalue weighted by Gasteiger charge is -2.36. The van der Waals surface area contributed by atoms with Crippen LogP contribution in [0.5, 0.6) is 0 Å². The molecule has 2 unspecified atom stereocenters. The van der Waals surface area contributed by atoms with Gasteiger partial charge in [0.2, 0.25) is 5.91 Å². The van der Waals surface area contributed by atoms with E-state index in [9.17, 15) is 14.7 Å². The number of rotatable bonds is 5. The summed E-state index contributed by atoms with van der Waals surface area (Å²) < 4.78 is 0. The van der Waals surface area contributed by atoms with Crippen molar-refractivity contribution >= 4 is 11.9 Å². The van der Waals surface area contributed by atoms with Gasteiger partial charge in [0.15, 0.2) is 0 Å². The van der Waals surface area contributed by atoms with Gasteiger partial charge in [-0.05, 0) is 25.7 Å². The van der Waals surface area contributed by atoms with Crippen molar-refractivity contribution in [1.82, 2.24) is 4.90 Å². The molecule has 0 aromatic heterocycles. The van der Waals surface area contributed by atoms with Crippen LogP contribution in [0.3, 0.4) is 0 Å². The van der Waals surface area contributed by atoms with Gasteiger partial charge in [0, 0.05) is 13.0 Å². The van der Waals surface area contributed by atoms with Gasteiger partial charge in [0.05, 0.1) is 18.7 Å². The molecule has 0 bridgehead atoms. The lowest BCUT2D eigenvalue weighted by Crippen LogP contribution is -2.52. The van der Waals surface area contributed by atoms with E-state index in [1.54, 1.807) is 4.90 Å². The van der Waals surface area contributed by atoms with E-state index in [4.69, 9.17) is 10.8 Å². The highest BCUT2D eigenvalue weighted by Gasteiger charge is 2.29. The summed E-state index contributed by atoms with van der Waals surface area (Å²) in [6.07, 6.45) is 2.73. The fraction of sp³-hybridized carbons (Fsp3) is 0.818. The van der Waals surface area contributed by atoms with Crippen molar-refractivity contribution in [1.29, 1.82) is 0 Å². The van der Waals surface area contributed by atoms with E-state index in [2.05, 4.69) is 0 Å². The largest absolute Gasteiger partial charge is 0.481 e. The highest BCUT2D eigenvalue weighted by atomic mass is 16.4. The quantitative estimate of drug-likeness (QED) is 0.607. The minimum Gasteiger partial charge on any atom is -0.481 e. The molecule has 2 atom stereocenters. The smallest absolute Gasteiger partial charge is 0.303 e. The molecule has 1 heterocycles. The number of hydrogen-bond donors (Lipinski definition) is 3. The summed E-state index contributed by atoms with van der Waals surface area (Å²) >= 11 is 0. The molecular formula is C11H20N2O4. The Morgan fingerprint density at radius 2 is 2.12 bits per heavy atom. The number of aliphatic hydroxyl groups excluding tert-OH is 1. The minimum atomic E-state index is -0.953. The second-order valence-corrected chi connectivity index (χ2v) is 4.40. The molecular weight excluding hydrogens is 224 g/mol. The van der Waals surface area contributed by atoms with E-state index in [-0.39, 0.29) is 31.4 Å².